The summed E-state index contributed by atoms with van der Waals surface area (Å²) in [4.78, 5) is 21.6. The van der Waals surface area contributed by atoms with Crippen molar-refractivity contribution in [2.24, 2.45) is 10.7 Å². The second kappa shape index (κ2) is 7.46. The Hall–Kier alpha value is -3.17. The smallest absolute Gasteiger partial charge is 0.161 e. The maximum Gasteiger partial charge on any atom is 0.161 e. The summed E-state index contributed by atoms with van der Waals surface area (Å²) in [5.41, 5.74) is 12.2. The number of Topliss-reactive ketones (excluding diaryl/α,β-unsaturated/α-hetero) is 1. The van der Waals surface area contributed by atoms with Crippen LogP contribution in [0.25, 0.3) is 0 Å². The molecule has 2 aliphatic carbocycles. The third kappa shape index (κ3) is 2.74. The molecule has 0 bridgehead atoms. The fraction of sp³-hybridized carbons (Fsp3) is 0.346. The molecule has 0 saturated heterocycles. The Morgan fingerprint density at radius 1 is 1.06 bits per heavy atom. The minimum Gasteiger partial charge on any atom is -0.383 e. The van der Waals surface area contributed by atoms with Gasteiger partial charge >= 0.3 is 0 Å². The van der Waals surface area contributed by atoms with Gasteiger partial charge < -0.3 is 5.73 Å². The lowest BCUT2D eigenvalue weighted by Crippen LogP contribution is -2.38. The van der Waals surface area contributed by atoms with Gasteiger partial charge in [0.15, 0.2) is 11.6 Å². The van der Waals surface area contributed by atoms with E-state index in [-0.39, 0.29) is 11.7 Å². The zero-order chi connectivity index (χ0) is 21.8. The predicted octanol–water partition coefficient (Wildman–Crippen LogP) is 5.08. The molecular weight excluding hydrogens is 416 g/mol. The van der Waals surface area contributed by atoms with Crippen molar-refractivity contribution >= 4 is 28.0 Å². The number of fused-ring (bicyclic) bond motifs is 6. The van der Waals surface area contributed by atoms with E-state index in [2.05, 4.69) is 11.0 Å². The molecule has 0 saturated carbocycles. The number of anilines is 1. The van der Waals surface area contributed by atoms with Crippen LogP contribution in [0.3, 0.4) is 0 Å². The third-order valence-corrected chi connectivity index (χ3v) is 8.35. The second-order valence-electron chi connectivity index (χ2n) is 8.91. The number of hydrogen-bond donors (Lipinski definition) is 1. The highest BCUT2D eigenvalue weighted by molar-refractivity contribution is 7.17. The molecule has 2 aromatic rings. The first kappa shape index (κ1) is 19.5. The number of carbonyl (C=O) groups excluding carboxylic acids is 1. The summed E-state index contributed by atoms with van der Waals surface area (Å²) in [6.07, 6.45) is 7.85. The van der Waals surface area contributed by atoms with Crippen molar-refractivity contribution < 1.29 is 4.79 Å². The Balaban J connectivity index is 1.64. The molecule has 2 N–H and O–H groups in total. The van der Waals surface area contributed by atoms with E-state index in [0.717, 1.165) is 59.5 Å². The summed E-state index contributed by atoms with van der Waals surface area (Å²) in [5, 5.41) is 11.4. The number of rotatable bonds is 1. The molecule has 5 nitrogen and oxygen atoms in total. The minimum absolute atomic E-state index is 0.147. The highest BCUT2D eigenvalue weighted by Crippen LogP contribution is 2.52. The number of aryl methyl sites for hydroxylation is 1. The highest BCUT2D eigenvalue weighted by atomic mass is 32.1. The number of nitrogens with two attached hydrogens (primary N) is 1. The van der Waals surface area contributed by atoms with Crippen LogP contribution in [0.15, 0.2) is 58.0 Å². The van der Waals surface area contributed by atoms with E-state index in [4.69, 9.17) is 10.7 Å². The second-order valence-corrected chi connectivity index (χ2v) is 9.99. The lowest BCUT2D eigenvalue weighted by atomic mass is 9.75. The summed E-state index contributed by atoms with van der Waals surface area (Å²) >= 11 is 1.78. The van der Waals surface area contributed by atoms with Crippen molar-refractivity contribution in [2.75, 3.05) is 4.90 Å². The van der Waals surface area contributed by atoms with Crippen molar-refractivity contribution in [3.05, 3.63) is 74.6 Å². The number of nitrogens with zero attached hydrogens (tertiary/aromatic N) is 3. The van der Waals surface area contributed by atoms with E-state index in [1.54, 1.807) is 11.3 Å². The first-order chi connectivity index (χ1) is 15.7. The van der Waals surface area contributed by atoms with Gasteiger partial charge in [0.25, 0.3) is 0 Å². The Bertz CT molecular complexity index is 1270. The molecule has 32 heavy (non-hydrogen) atoms. The van der Waals surface area contributed by atoms with Gasteiger partial charge in [-0.15, -0.1) is 11.3 Å². The van der Waals surface area contributed by atoms with Crippen molar-refractivity contribution in [1.82, 2.24) is 0 Å². The maximum absolute atomic E-state index is 13.3. The van der Waals surface area contributed by atoms with Crippen LogP contribution in [0.4, 0.5) is 5.00 Å². The first-order valence-electron chi connectivity index (χ1n) is 11.4. The molecule has 1 aromatic carbocycles. The van der Waals surface area contributed by atoms with Crippen LogP contribution in [0.5, 0.6) is 0 Å². The molecule has 6 heteroatoms. The molecule has 0 spiro atoms. The molecule has 3 heterocycles. The molecule has 0 fully saturated rings. The van der Waals surface area contributed by atoms with Crippen molar-refractivity contribution in [3.63, 3.8) is 0 Å². The lowest BCUT2D eigenvalue weighted by molar-refractivity contribution is -0.116. The minimum atomic E-state index is -0.383. The fourth-order valence-electron chi connectivity index (χ4n) is 5.67. The fourth-order valence-corrected chi connectivity index (χ4v) is 7.10. The Labute approximate surface area is 191 Å². The number of allylic oxidation sites excluding steroid dienone is 3. The molecule has 2 aliphatic heterocycles. The molecule has 1 atom stereocenters. The SMILES string of the molecule is N#CC1=C2N=C(N)c3c(sc4c3CCCCC4)N2C2=C(C(=O)CCC2)[C@H]1c1ccccc1. The van der Waals surface area contributed by atoms with E-state index < -0.39 is 0 Å². The van der Waals surface area contributed by atoms with E-state index in [1.807, 2.05) is 30.3 Å². The van der Waals surface area contributed by atoms with Gasteiger partial charge in [0.05, 0.1) is 23.1 Å². The Morgan fingerprint density at radius 2 is 1.88 bits per heavy atom. The number of ketones is 1. The predicted molar refractivity (Wildman–Crippen MR) is 126 cm³/mol. The molecule has 0 radical (unpaired) electrons. The van der Waals surface area contributed by atoms with E-state index in [0.29, 0.717) is 23.7 Å². The van der Waals surface area contributed by atoms with Crippen LogP contribution in [0.1, 0.15) is 66.0 Å². The summed E-state index contributed by atoms with van der Waals surface area (Å²) in [5.74, 6) is 0.882. The normalized spacial score (nSPS) is 22.3. The van der Waals surface area contributed by atoms with Crippen molar-refractivity contribution in [3.8, 4) is 6.07 Å². The number of thiophene rings is 1. The van der Waals surface area contributed by atoms with Crippen LogP contribution in [-0.4, -0.2) is 11.6 Å². The average molecular weight is 441 g/mol. The monoisotopic (exact) mass is 440 g/mol. The summed E-state index contributed by atoms with van der Waals surface area (Å²) < 4.78 is 0. The van der Waals surface area contributed by atoms with Gasteiger partial charge in [-0.1, -0.05) is 36.8 Å². The van der Waals surface area contributed by atoms with Gasteiger partial charge in [0.1, 0.15) is 10.8 Å². The van der Waals surface area contributed by atoms with Gasteiger partial charge in [-0.2, -0.15) is 5.26 Å². The van der Waals surface area contributed by atoms with Gasteiger partial charge in [-0.3, -0.25) is 9.69 Å². The number of carbonyl (C=O) groups is 1. The zero-order valence-electron chi connectivity index (χ0n) is 17.9. The van der Waals surface area contributed by atoms with Crippen LogP contribution >= 0.6 is 11.3 Å². The molecule has 4 aliphatic rings. The number of hydrogen-bond acceptors (Lipinski definition) is 6. The van der Waals surface area contributed by atoms with Crippen LogP contribution in [0.2, 0.25) is 0 Å². The summed E-state index contributed by atoms with van der Waals surface area (Å²) in [6.45, 7) is 0. The van der Waals surface area contributed by atoms with E-state index in [1.165, 1.54) is 23.3 Å². The maximum atomic E-state index is 13.3. The molecule has 6 rings (SSSR count). The highest BCUT2D eigenvalue weighted by Gasteiger charge is 2.44. The number of aliphatic imine (C=N–C) groups is 1. The third-order valence-electron chi connectivity index (χ3n) is 7.07. The van der Waals surface area contributed by atoms with Gasteiger partial charge in [0.2, 0.25) is 0 Å². The molecule has 160 valence electrons. The molecule has 0 amide bonds. The molecule has 0 unspecified atom stereocenters. The molecular formula is C26H24N4OS. The van der Waals surface area contributed by atoms with Gasteiger partial charge in [-0.05, 0) is 49.7 Å². The number of nitriles is 1. The Kier molecular flexibility index (Phi) is 4.55. The average Bonchev–Trinajstić information content (AvgIpc) is 3.02. The van der Waals surface area contributed by atoms with Crippen LogP contribution < -0.4 is 10.6 Å². The van der Waals surface area contributed by atoms with E-state index >= 15 is 0 Å². The van der Waals surface area contributed by atoms with Gasteiger partial charge in [0, 0.05) is 22.6 Å². The van der Waals surface area contributed by atoms with Crippen molar-refractivity contribution in [1.29, 1.82) is 5.26 Å². The van der Waals surface area contributed by atoms with Crippen molar-refractivity contribution in [2.45, 2.75) is 57.3 Å². The zero-order valence-corrected chi connectivity index (χ0v) is 18.7. The van der Waals surface area contributed by atoms with Gasteiger partial charge in [-0.25, -0.2) is 4.99 Å². The lowest BCUT2D eigenvalue weighted by Gasteiger charge is -2.40. The molecule has 1 aromatic heterocycles. The standard InChI is InChI=1S/C26H24N4OS/c27-14-17-21(15-8-3-1-4-9-15)23-18(11-7-12-19(23)31)30-25(17)29-24(28)22-16-10-5-2-6-13-20(16)32-26(22)30/h1,3-4,8-9,21H,2,5-7,10-13H2,(H2,28,29)/t21-/m0/s1. The number of amidine groups is 1. The Morgan fingerprint density at radius 3 is 2.69 bits per heavy atom. The number of benzene rings is 1. The quantitative estimate of drug-likeness (QED) is 0.627. The summed E-state index contributed by atoms with van der Waals surface area (Å²) in [6, 6.07) is 12.3. The van der Waals surface area contributed by atoms with E-state index in [9.17, 15) is 10.1 Å². The largest absolute Gasteiger partial charge is 0.383 e. The summed E-state index contributed by atoms with van der Waals surface area (Å²) in [7, 11) is 0. The van der Waals surface area contributed by atoms with Crippen LogP contribution in [-0.2, 0) is 17.6 Å². The first-order valence-corrected chi connectivity index (χ1v) is 12.3. The topological polar surface area (TPSA) is 82.5 Å². The van der Waals surface area contributed by atoms with Crippen LogP contribution in [0, 0.1) is 11.3 Å².